The van der Waals surface area contributed by atoms with Crippen molar-refractivity contribution in [2.24, 2.45) is 0 Å². The Hall–Kier alpha value is -1.51. The van der Waals surface area contributed by atoms with Crippen molar-refractivity contribution in [3.05, 3.63) is 50.9 Å². The van der Waals surface area contributed by atoms with Crippen LogP contribution in [0.5, 0.6) is 5.75 Å². The molecule has 0 heterocycles. The molecule has 0 saturated heterocycles. The summed E-state index contributed by atoms with van der Waals surface area (Å²) >= 11 is 6.90. The number of nitrogens with zero attached hydrogens (tertiary/aromatic N) is 1. The molecule has 3 nitrogen and oxygen atoms in total. The van der Waals surface area contributed by atoms with Gasteiger partial charge in [-0.3, -0.25) is 0 Å². The SMILES string of the molecule is COc1ccc(C#N)c(Nc2cc(Br)ccc2Br)c1. The molecule has 0 aromatic heterocycles. The molecule has 0 saturated carbocycles. The highest BCUT2D eigenvalue weighted by Gasteiger charge is 2.07. The summed E-state index contributed by atoms with van der Waals surface area (Å²) < 4.78 is 7.05. The lowest BCUT2D eigenvalue weighted by atomic mass is 10.1. The Morgan fingerprint density at radius 3 is 2.58 bits per heavy atom. The summed E-state index contributed by atoms with van der Waals surface area (Å²) in [6, 6.07) is 13.2. The zero-order chi connectivity index (χ0) is 13.8. The second-order valence-electron chi connectivity index (χ2n) is 3.77. The summed E-state index contributed by atoms with van der Waals surface area (Å²) in [5.41, 5.74) is 2.15. The zero-order valence-electron chi connectivity index (χ0n) is 10.1. The molecule has 0 spiro atoms. The normalized spacial score (nSPS) is 9.79. The minimum absolute atomic E-state index is 0.563. The average Bonchev–Trinajstić information content (AvgIpc) is 2.42. The van der Waals surface area contributed by atoms with Gasteiger partial charge in [0.25, 0.3) is 0 Å². The van der Waals surface area contributed by atoms with Crippen LogP contribution in [0, 0.1) is 11.3 Å². The van der Waals surface area contributed by atoms with Crippen molar-refractivity contribution < 1.29 is 4.74 Å². The predicted octanol–water partition coefficient (Wildman–Crippen LogP) is 4.84. The first-order valence-electron chi connectivity index (χ1n) is 5.44. The molecule has 1 N–H and O–H groups in total. The van der Waals surface area contributed by atoms with Crippen LogP contribution in [0.4, 0.5) is 11.4 Å². The number of ether oxygens (including phenoxy) is 1. The quantitative estimate of drug-likeness (QED) is 0.827. The molecule has 2 aromatic rings. The van der Waals surface area contributed by atoms with E-state index in [0.29, 0.717) is 17.0 Å². The molecule has 0 unspecified atom stereocenters. The first kappa shape index (κ1) is 13.9. The minimum atomic E-state index is 0.563. The van der Waals surface area contributed by atoms with Gasteiger partial charge in [0.05, 0.1) is 24.0 Å². The Labute approximate surface area is 128 Å². The summed E-state index contributed by atoms with van der Waals surface area (Å²) in [4.78, 5) is 0. The smallest absolute Gasteiger partial charge is 0.121 e. The van der Waals surface area contributed by atoms with Crippen LogP contribution >= 0.6 is 31.9 Å². The fourth-order valence-electron chi connectivity index (χ4n) is 1.59. The van der Waals surface area contributed by atoms with Crippen LogP contribution < -0.4 is 10.1 Å². The molecule has 0 radical (unpaired) electrons. The Morgan fingerprint density at radius 1 is 1.11 bits per heavy atom. The third-order valence-electron chi connectivity index (χ3n) is 2.54. The zero-order valence-corrected chi connectivity index (χ0v) is 13.2. The highest BCUT2D eigenvalue weighted by molar-refractivity contribution is 9.11. The summed E-state index contributed by atoms with van der Waals surface area (Å²) in [5.74, 6) is 0.701. The molecule has 96 valence electrons. The van der Waals surface area contributed by atoms with Gasteiger partial charge in [0.15, 0.2) is 0 Å². The van der Waals surface area contributed by atoms with Crippen molar-refractivity contribution in [2.45, 2.75) is 0 Å². The molecular weight excluding hydrogens is 372 g/mol. The van der Waals surface area contributed by atoms with Gasteiger partial charge in [0.2, 0.25) is 0 Å². The second-order valence-corrected chi connectivity index (χ2v) is 5.54. The molecule has 0 bridgehead atoms. The number of nitriles is 1. The van der Waals surface area contributed by atoms with Gasteiger partial charge in [-0.05, 0) is 46.3 Å². The van der Waals surface area contributed by atoms with E-state index >= 15 is 0 Å². The third-order valence-corrected chi connectivity index (χ3v) is 3.73. The van der Waals surface area contributed by atoms with Gasteiger partial charge < -0.3 is 10.1 Å². The van der Waals surface area contributed by atoms with Crippen LogP contribution in [0.2, 0.25) is 0 Å². The largest absolute Gasteiger partial charge is 0.497 e. The lowest BCUT2D eigenvalue weighted by Crippen LogP contribution is -1.96. The lowest BCUT2D eigenvalue weighted by Gasteiger charge is -2.12. The summed E-state index contributed by atoms with van der Waals surface area (Å²) in [7, 11) is 1.60. The molecule has 0 fully saturated rings. The van der Waals surface area contributed by atoms with Crippen LogP contribution in [-0.4, -0.2) is 7.11 Å². The molecule has 0 aliphatic heterocycles. The third kappa shape index (κ3) is 3.28. The number of nitrogens with one attached hydrogen (secondary N) is 1. The number of rotatable bonds is 3. The molecule has 0 atom stereocenters. The van der Waals surface area contributed by atoms with Crippen molar-refractivity contribution in [1.29, 1.82) is 5.26 Å². The van der Waals surface area contributed by atoms with E-state index < -0.39 is 0 Å². The monoisotopic (exact) mass is 380 g/mol. The van der Waals surface area contributed by atoms with Gasteiger partial charge in [-0.25, -0.2) is 0 Å². The number of anilines is 2. The van der Waals surface area contributed by atoms with Crippen LogP contribution in [0.3, 0.4) is 0 Å². The van der Waals surface area contributed by atoms with E-state index in [4.69, 9.17) is 10.00 Å². The van der Waals surface area contributed by atoms with Gasteiger partial charge >= 0.3 is 0 Å². The Morgan fingerprint density at radius 2 is 1.89 bits per heavy atom. The second kappa shape index (κ2) is 6.09. The van der Waals surface area contributed by atoms with Gasteiger partial charge in [-0.15, -0.1) is 0 Å². The molecule has 0 aliphatic carbocycles. The van der Waals surface area contributed by atoms with Gasteiger partial charge in [-0.2, -0.15) is 5.26 Å². The Balaban J connectivity index is 2.42. The molecule has 0 amide bonds. The lowest BCUT2D eigenvalue weighted by molar-refractivity contribution is 0.415. The molecule has 2 aromatic carbocycles. The average molecular weight is 382 g/mol. The Kier molecular flexibility index (Phi) is 4.46. The van der Waals surface area contributed by atoms with Crippen molar-refractivity contribution >= 4 is 43.2 Å². The highest BCUT2D eigenvalue weighted by Crippen LogP contribution is 2.31. The number of hydrogen-bond acceptors (Lipinski definition) is 3. The molecule has 0 aliphatic rings. The summed E-state index contributed by atoms with van der Waals surface area (Å²) in [5, 5.41) is 12.4. The van der Waals surface area contributed by atoms with Crippen molar-refractivity contribution in [3.63, 3.8) is 0 Å². The van der Waals surface area contributed by atoms with Crippen LogP contribution in [0.1, 0.15) is 5.56 Å². The number of methoxy groups -OCH3 is 1. The highest BCUT2D eigenvalue weighted by atomic mass is 79.9. The van der Waals surface area contributed by atoms with E-state index in [1.807, 2.05) is 18.2 Å². The fraction of sp³-hybridized carbons (Fsp3) is 0.0714. The standard InChI is InChI=1S/C14H10Br2N2O/c1-19-11-4-2-9(8-17)13(7-11)18-14-6-10(15)3-5-12(14)16/h2-7,18H,1H3. The van der Waals surface area contributed by atoms with Crippen molar-refractivity contribution in [2.75, 3.05) is 12.4 Å². The van der Waals surface area contributed by atoms with E-state index in [0.717, 1.165) is 14.6 Å². The number of hydrogen-bond donors (Lipinski definition) is 1. The molecule has 2 rings (SSSR count). The van der Waals surface area contributed by atoms with Gasteiger partial charge in [0.1, 0.15) is 11.8 Å². The fourth-order valence-corrected chi connectivity index (χ4v) is 2.30. The number of halogens is 2. The van der Waals surface area contributed by atoms with Crippen molar-refractivity contribution in [1.82, 2.24) is 0 Å². The Bertz CT molecular complexity index is 650. The predicted molar refractivity (Wildman–Crippen MR) is 82.8 cm³/mol. The van der Waals surface area contributed by atoms with Crippen LogP contribution in [-0.2, 0) is 0 Å². The number of benzene rings is 2. The first-order valence-corrected chi connectivity index (χ1v) is 7.03. The van der Waals surface area contributed by atoms with E-state index in [9.17, 15) is 0 Å². The van der Waals surface area contributed by atoms with E-state index in [1.54, 1.807) is 25.3 Å². The molecule has 19 heavy (non-hydrogen) atoms. The molecule has 5 heteroatoms. The maximum atomic E-state index is 9.13. The van der Waals surface area contributed by atoms with Crippen molar-refractivity contribution in [3.8, 4) is 11.8 Å². The topological polar surface area (TPSA) is 45.0 Å². The summed E-state index contributed by atoms with van der Waals surface area (Å²) in [6.45, 7) is 0. The first-order chi connectivity index (χ1) is 9.13. The maximum Gasteiger partial charge on any atom is 0.121 e. The molecular formula is C14H10Br2N2O. The van der Waals surface area contributed by atoms with E-state index in [-0.39, 0.29) is 0 Å². The minimum Gasteiger partial charge on any atom is -0.497 e. The van der Waals surface area contributed by atoms with E-state index in [2.05, 4.69) is 43.2 Å². The van der Waals surface area contributed by atoms with Crippen LogP contribution in [0.25, 0.3) is 0 Å². The summed E-state index contributed by atoms with van der Waals surface area (Å²) in [6.07, 6.45) is 0. The van der Waals surface area contributed by atoms with Crippen LogP contribution in [0.15, 0.2) is 45.3 Å². The van der Waals surface area contributed by atoms with Gasteiger partial charge in [-0.1, -0.05) is 15.9 Å². The maximum absolute atomic E-state index is 9.13. The van der Waals surface area contributed by atoms with Gasteiger partial charge in [0, 0.05) is 15.0 Å². The van der Waals surface area contributed by atoms with E-state index in [1.165, 1.54) is 0 Å².